The number of hydrogen-bond acceptors (Lipinski definition) is 2. The number of hydrogen-bond donors (Lipinski definition) is 0. The van der Waals surface area contributed by atoms with Crippen molar-refractivity contribution in [2.24, 2.45) is 0 Å². The topological polar surface area (TPSA) is 26.3 Å². The fraction of sp³-hybridized carbons (Fsp3) is 0.917. The van der Waals surface area contributed by atoms with E-state index in [1.807, 2.05) is 0 Å². The van der Waals surface area contributed by atoms with E-state index in [0.717, 1.165) is 44.9 Å². The molecule has 0 aromatic heterocycles. The Hall–Kier alpha value is 0.0500. The van der Waals surface area contributed by atoms with Gasteiger partial charge < -0.3 is 4.74 Å². The first-order valence-corrected chi connectivity index (χ1v) is 7.13. The highest BCUT2D eigenvalue weighted by molar-refractivity contribution is 6.18. The lowest BCUT2D eigenvalue weighted by molar-refractivity contribution is -0.149. The first-order chi connectivity index (χ1) is 7.72. The van der Waals surface area contributed by atoms with E-state index in [1.54, 1.807) is 0 Å². The Kier molecular flexibility index (Phi) is 6.52. The fourth-order valence-corrected chi connectivity index (χ4v) is 2.61. The van der Waals surface area contributed by atoms with Crippen LogP contribution in [0.1, 0.15) is 51.4 Å². The number of unbranched alkanes of at least 4 members (excludes halogenated alkanes) is 2. The fourth-order valence-electron chi connectivity index (χ4n) is 2.23. The van der Waals surface area contributed by atoms with E-state index in [1.165, 1.54) is 0 Å². The third-order valence-corrected chi connectivity index (χ3v) is 3.68. The first-order valence-electron chi connectivity index (χ1n) is 6.06. The van der Waals surface area contributed by atoms with Crippen LogP contribution in [0.3, 0.4) is 0 Å². The maximum atomic E-state index is 11.2. The zero-order valence-electron chi connectivity index (χ0n) is 9.64. The number of esters is 1. The van der Waals surface area contributed by atoms with Gasteiger partial charge in [-0.1, -0.05) is 0 Å². The molecule has 0 radical (unpaired) electrons. The Balaban J connectivity index is 2.38. The molecule has 4 heteroatoms. The normalized spacial score (nSPS) is 18.8. The quantitative estimate of drug-likeness (QED) is 0.379. The lowest BCUT2D eigenvalue weighted by Gasteiger charge is -2.27. The Bertz CT molecular complexity index is 209. The van der Waals surface area contributed by atoms with Crippen molar-refractivity contribution in [3.05, 3.63) is 0 Å². The summed E-state index contributed by atoms with van der Waals surface area (Å²) in [6.45, 7) is 0. The van der Waals surface area contributed by atoms with Gasteiger partial charge in [-0.25, -0.2) is 0 Å². The van der Waals surface area contributed by atoms with Crippen LogP contribution in [-0.2, 0) is 9.53 Å². The lowest BCUT2D eigenvalue weighted by atomic mass is 9.88. The molecule has 0 N–H and O–H groups in total. The summed E-state index contributed by atoms with van der Waals surface area (Å²) < 4.78 is 5.52. The predicted octanol–water partition coefficient (Wildman–Crippen LogP) is 3.88. The minimum absolute atomic E-state index is 0.0447. The second-order valence-electron chi connectivity index (χ2n) is 4.45. The molecule has 0 aliphatic carbocycles. The summed E-state index contributed by atoms with van der Waals surface area (Å²) in [6, 6.07) is 0. The van der Waals surface area contributed by atoms with E-state index in [2.05, 4.69) is 0 Å². The molecule has 1 aliphatic rings. The summed E-state index contributed by atoms with van der Waals surface area (Å²) in [5, 5.41) is 0. The largest absolute Gasteiger partial charge is 0.459 e. The molecular formula is C12H20Cl2O2. The molecule has 0 spiro atoms. The maximum absolute atomic E-state index is 11.2. The second-order valence-corrected chi connectivity index (χ2v) is 5.21. The molecule has 0 unspecified atom stereocenters. The minimum Gasteiger partial charge on any atom is -0.459 e. The molecule has 2 nitrogen and oxygen atoms in total. The summed E-state index contributed by atoms with van der Waals surface area (Å²) in [4.78, 5) is 11.2. The Morgan fingerprint density at radius 1 is 1.06 bits per heavy atom. The summed E-state index contributed by atoms with van der Waals surface area (Å²) >= 11 is 11.3. The van der Waals surface area contributed by atoms with Gasteiger partial charge in [0, 0.05) is 18.2 Å². The van der Waals surface area contributed by atoms with Crippen LogP contribution in [0.25, 0.3) is 0 Å². The zero-order valence-corrected chi connectivity index (χ0v) is 11.2. The maximum Gasteiger partial charge on any atom is 0.306 e. The zero-order chi connectivity index (χ0) is 11.9. The van der Waals surface area contributed by atoms with Crippen LogP contribution in [0.5, 0.6) is 0 Å². The molecule has 0 bridgehead atoms. The Morgan fingerprint density at radius 2 is 1.62 bits per heavy atom. The van der Waals surface area contributed by atoms with Crippen molar-refractivity contribution in [3.8, 4) is 0 Å². The van der Waals surface area contributed by atoms with Gasteiger partial charge in [0.25, 0.3) is 0 Å². The van der Waals surface area contributed by atoms with Crippen LogP contribution in [0.15, 0.2) is 0 Å². The smallest absolute Gasteiger partial charge is 0.306 e. The van der Waals surface area contributed by atoms with Gasteiger partial charge in [-0.3, -0.25) is 4.79 Å². The summed E-state index contributed by atoms with van der Waals surface area (Å²) in [7, 11) is 0. The van der Waals surface area contributed by atoms with Gasteiger partial charge in [0.05, 0.1) is 0 Å². The van der Waals surface area contributed by atoms with Crippen LogP contribution >= 0.6 is 23.2 Å². The van der Waals surface area contributed by atoms with Crippen molar-refractivity contribution in [1.82, 2.24) is 0 Å². The molecule has 1 fully saturated rings. The van der Waals surface area contributed by atoms with Crippen LogP contribution in [0.4, 0.5) is 0 Å². The molecule has 0 atom stereocenters. The molecule has 1 heterocycles. The standard InChI is InChI=1S/C12H20Cl2O2/c13-9-3-1-6-12(7-2-4-10-14)8-5-11(15)16-12/h1-10H2. The van der Waals surface area contributed by atoms with Crippen molar-refractivity contribution >= 4 is 29.2 Å². The van der Waals surface area contributed by atoms with Crippen LogP contribution < -0.4 is 0 Å². The van der Waals surface area contributed by atoms with E-state index in [9.17, 15) is 4.79 Å². The highest BCUT2D eigenvalue weighted by atomic mass is 35.5. The third-order valence-electron chi connectivity index (χ3n) is 3.15. The molecule has 0 aromatic carbocycles. The SMILES string of the molecule is O=C1CCC(CCCCCl)(CCCCCl)O1. The van der Waals surface area contributed by atoms with Gasteiger partial charge in [0.15, 0.2) is 0 Å². The molecule has 1 aliphatic heterocycles. The first kappa shape index (κ1) is 14.1. The van der Waals surface area contributed by atoms with Gasteiger partial charge in [0.1, 0.15) is 5.60 Å². The van der Waals surface area contributed by atoms with Crippen LogP contribution in [0, 0.1) is 0 Å². The summed E-state index contributed by atoms with van der Waals surface area (Å²) in [5.41, 5.74) is -0.199. The van der Waals surface area contributed by atoms with E-state index < -0.39 is 0 Å². The minimum atomic E-state index is -0.199. The van der Waals surface area contributed by atoms with Crippen molar-refractivity contribution in [2.75, 3.05) is 11.8 Å². The molecule has 1 rings (SSSR count). The average Bonchev–Trinajstić information content (AvgIpc) is 2.62. The molecule has 16 heavy (non-hydrogen) atoms. The van der Waals surface area contributed by atoms with Gasteiger partial charge in [0.2, 0.25) is 0 Å². The van der Waals surface area contributed by atoms with Crippen LogP contribution in [-0.4, -0.2) is 23.3 Å². The van der Waals surface area contributed by atoms with Gasteiger partial charge >= 0.3 is 5.97 Å². The Morgan fingerprint density at radius 3 is 2.00 bits per heavy atom. The Labute approximate surface area is 108 Å². The number of ether oxygens (including phenoxy) is 1. The molecule has 0 amide bonds. The number of halogens is 2. The third kappa shape index (κ3) is 4.50. The van der Waals surface area contributed by atoms with Crippen molar-refractivity contribution < 1.29 is 9.53 Å². The number of rotatable bonds is 8. The van der Waals surface area contributed by atoms with Crippen molar-refractivity contribution in [3.63, 3.8) is 0 Å². The second kappa shape index (κ2) is 7.39. The van der Waals surface area contributed by atoms with E-state index in [-0.39, 0.29) is 11.6 Å². The average molecular weight is 267 g/mol. The van der Waals surface area contributed by atoms with Gasteiger partial charge in [-0.2, -0.15) is 0 Å². The molecule has 0 saturated carbocycles. The number of carbonyl (C=O) groups is 1. The van der Waals surface area contributed by atoms with Crippen LogP contribution in [0.2, 0.25) is 0 Å². The monoisotopic (exact) mass is 266 g/mol. The number of alkyl halides is 2. The molecule has 94 valence electrons. The summed E-state index contributed by atoms with van der Waals surface area (Å²) in [6.07, 6.45) is 7.42. The highest BCUT2D eigenvalue weighted by Crippen LogP contribution is 2.36. The van der Waals surface area contributed by atoms with Crippen molar-refractivity contribution in [1.29, 1.82) is 0 Å². The lowest BCUT2D eigenvalue weighted by Crippen LogP contribution is -2.28. The summed E-state index contributed by atoms with van der Waals surface area (Å²) in [5.74, 6) is 1.33. The molecular weight excluding hydrogens is 247 g/mol. The van der Waals surface area contributed by atoms with E-state index >= 15 is 0 Å². The van der Waals surface area contributed by atoms with Gasteiger partial charge in [-0.05, 0) is 44.9 Å². The number of carbonyl (C=O) groups excluding carboxylic acids is 1. The van der Waals surface area contributed by atoms with E-state index in [4.69, 9.17) is 27.9 Å². The number of cyclic esters (lactones) is 1. The van der Waals surface area contributed by atoms with Crippen molar-refractivity contribution in [2.45, 2.75) is 57.0 Å². The van der Waals surface area contributed by atoms with Gasteiger partial charge in [-0.15, -0.1) is 23.2 Å². The molecule has 0 aromatic rings. The predicted molar refractivity (Wildman–Crippen MR) is 67.2 cm³/mol. The van der Waals surface area contributed by atoms with E-state index in [0.29, 0.717) is 18.2 Å². The highest BCUT2D eigenvalue weighted by Gasteiger charge is 2.38. The molecule has 1 saturated heterocycles.